The monoisotopic (exact) mass is 396 g/mol. The Labute approximate surface area is 166 Å². The lowest BCUT2D eigenvalue weighted by Gasteiger charge is -2.15. The van der Waals surface area contributed by atoms with Gasteiger partial charge in [-0.15, -0.1) is 5.10 Å². The number of amides is 1. The first-order valence-electron chi connectivity index (χ1n) is 9.24. The van der Waals surface area contributed by atoms with Crippen LogP contribution in [0, 0.1) is 0 Å². The van der Waals surface area contributed by atoms with Crippen LogP contribution >= 0.6 is 0 Å². The van der Waals surface area contributed by atoms with Crippen LogP contribution in [0.15, 0.2) is 36.4 Å². The zero-order valence-corrected chi connectivity index (χ0v) is 16.0. The number of nitrogens with zero attached hydrogens (tertiary/aromatic N) is 3. The van der Waals surface area contributed by atoms with E-state index in [1.54, 1.807) is 28.9 Å². The standard InChI is InChI=1S/C20H20N4O5/c1-3-24-16-6-4-14(8-15(16)22-23-24)20(26)27-10-19(25)21-12(2)13-5-7-17-18(9-13)29-11-28-17/h4-9,12H,3,10-11H2,1-2H3,(H,21,25)/t12-/m0/s1. The van der Waals surface area contributed by atoms with Crippen LogP contribution in [0.25, 0.3) is 11.0 Å². The highest BCUT2D eigenvalue weighted by Gasteiger charge is 2.18. The van der Waals surface area contributed by atoms with Crippen molar-refractivity contribution in [2.24, 2.45) is 0 Å². The molecule has 2 heterocycles. The molecule has 0 saturated carbocycles. The van der Waals surface area contributed by atoms with Gasteiger partial charge in [-0.1, -0.05) is 11.3 Å². The number of benzene rings is 2. The second-order valence-electron chi connectivity index (χ2n) is 6.59. The molecule has 1 aromatic heterocycles. The SMILES string of the molecule is CCn1nnc2cc(C(=O)OCC(=O)N[C@@H](C)c3ccc4c(c3)OCO4)ccc21. The molecule has 4 rings (SSSR count). The molecular formula is C20H20N4O5. The Hall–Kier alpha value is -3.62. The van der Waals surface area contributed by atoms with E-state index >= 15 is 0 Å². The third-order valence-electron chi connectivity index (χ3n) is 4.66. The number of ether oxygens (including phenoxy) is 3. The van der Waals surface area contributed by atoms with Gasteiger partial charge in [-0.25, -0.2) is 9.48 Å². The van der Waals surface area contributed by atoms with E-state index in [1.165, 1.54) is 0 Å². The Morgan fingerprint density at radius 3 is 2.86 bits per heavy atom. The zero-order valence-electron chi connectivity index (χ0n) is 16.0. The van der Waals surface area contributed by atoms with E-state index in [4.69, 9.17) is 14.2 Å². The summed E-state index contributed by atoms with van der Waals surface area (Å²) in [5.41, 5.74) is 2.61. The molecule has 0 unspecified atom stereocenters. The Bertz CT molecular complexity index is 1080. The first-order chi connectivity index (χ1) is 14.0. The molecule has 0 saturated heterocycles. The van der Waals surface area contributed by atoms with E-state index in [-0.39, 0.29) is 19.4 Å². The Kier molecular flexibility index (Phi) is 5.03. The summed E-state index contributed by atoms with van der Waals surface area (Å²) < 4.78 is 17.5. The van der Waals surface area contributed by atoms with E-state index < -0.39 is 11.9 Å². The van der Waals surface area contributed by atoms with E-state index in [0.717, 1.165) is 11.1 Å². The van der Waals surface area contributed by atoms with Gasteiger partial charge >= 0.3 is 5.97 Å². The number of esters is 1. The van der Waals surface area contributed by atoms with Gasteiger partial charge in [0.25, 0.3) is 5.91 Å². The summed E-state index contributed by atoms with van der Waals surface area (Å²) in [6.45, 7) is 4.28. The van der Waals surface area contributed by atoms with Crippen LogP contribution in [0.2, 0.25) is 0 Å². The van der Waals surface area contributed by atoms with Gasteiger partial charge < -0.3 is 19.5 Å². The Balaban J connectivity index is 1.33. The minimum atomic E-state index is -0.594. The van der Waals surface area contributed by atoms with Crippen molar-refractivity contribution in [3.63, 3.8) is 0 Å². The fourth-order valence-electron chi connectivity index (χ4n) is 3.10. The number of carbonyl (C=O) groups is 2. The lowest BCUT2D eigenvalue weighted by Crippen LogP contribution is -2.31. The van der Waals surface area contributed by atoms with Crippen LogP contribution in [-0.4, -0.2) is 40.3 Å². The van der Waals surface area contributed by atoms with E-state index in [2.05, 4.69) is 15.6 Å². The highest BCUT2D eigenvalue weighted by atomic mass is 16.7. The average molecular weight is 396 g/mol. The van der Waals surface area contributed by atoms with Gasteiger partial charge in [-0.05, 0) is 49.7 Å². The molecule has 1 N–H and O–H groups in total. The molecule has 0 bridgehead atoms. The molecule has 0 spiro atoms. The highest BCUT2D eigenvalue weighted by Crippen LogP contribution is 2.34. The quantitative estimate of drug-likeness (QED) is 0.637. The Morgan fingerprint density at radius 1 is 1.21 bits per heavy atom. The number of carbonyl (C=O) groups excluding carboxylic acids is 2. The first-order valence-corrected chi connectivity index (χ1v) is 9.24. The van der Waals surface area contributed by atoms with Gasteiger partial charge in [-0.2, -0.15) is 0 Å². The summed E-state index contributed by atoms with van der Waals surface area (Å²) in [5.74, 6) is 0.327. The normalized spacial score (nSPS) is 13.3. The molecule has 29 heavy (non-hydrogen) atoms. The smallest absolute Gasteiger partial charge is 0.338 e. The first kappa shape index (κ1) is 18.7. The summed E-state index contributed by atoms with van der Waals surface area (Å²) >= 11 is 0. The molecule has 1 atom stereocenters. The molecule has 2 aromatic carbocycles. The molecular weight excluding hydrogens is 376 g/mol. The molecule has 3 aromatic rings. The van der Waals surface area contributed by atoms with Crippen LogP contribution in [-0.2, 0) is 16.1 Å². The second-order valence-corrected chi connectivity index (χ2v) is 6.59. The predicted molar refractivity (Wildman–Crippen MR) is 103 cm³/mol. The molecule has 150 valence electrons. The van der Waals surface area contributed by atoms with Crippen molar-refractivity contribution in [1.82, 2.24) is 20.3 Å². The summed E-state index contributed by atoms with van der Waals surface area (Å²) in [6, 6.07) is 10.2. The third-order valence-corrected chi connectivity index (χ3v) is 4.66. The predicted octanol–water partition coefficient (Wildman–Crippen LogP) is 2.21. The summed E-state index contributed by atoms with van der Waals surface area (Å²) in [4.78, 5) is 24.4. The van der Waals surface area contributed by atoms with Gasteiger partial charge in [0.1, 0.15) is 5.52 Å². The lowest BCUT2D eigenvalue weighted by molar-refractivity contribution is -0.124. The number of fused-ring (bicyclic) bond motifs is 2. The topological polar surface area (TPSA) is 105 Å². The minimum absolute atomic E-state index is 0.190. The Morgan fingerprint density at radius 2 is 2.03 bits per heavy atom. The van der Waals surface area contributed by atoms with Crippen LogP contribution < -0.4 is 14.8 Å². The number of hydrogen-bond acceptors (Lipinski definition) is 7. The second kappa shape index (κ2) is 7.78. The van der Waals surface area contributed by atoms with Crippen LogP contribution in [0.3, 0.4) is 0 Å². The molecule has 0 radical (unpaired) electrons. The number of nitrogens with one attached hydrogen (secondary N) is 1. The molecule has 1 aliphatic rings. The number of hydrogen-bond donors (Lipinski definition) is 1. The van der Waals surface area contributed by atoms with Crippen molar-refractivity contribution in [2.75, 3.05) is 13.4 Å². The highest BCUT2D eigenvalue weighted by molar-refractivity contribution is 5.94. The molecule has 9 nitrogen and oxygen atoms in total. The van der Waals surface area contributed by atoms with Crippen molar-refractivity contribution in [1.29, 1.82) is 0 Å². The average Bonchev–Trinajstić information content (AvgIpc) is 3.37. The van der Waals surface area contributed by atoms with Crippen molar-refractivity contribution in [3.8, 4) is 11.5 Å². The molecule has 9 heteroatoms. The lowest BCUT2D eigenvalue weighted by atomic mass is 10.1. The van der Waals surface area contributed by atoms with Crippen molar-refractivity contribution >= 4 is 22.9 Å². The van der Waals surface area contributed by atoms with Crippen molar-refractivity contribution in [2.45, 2.75) is 26.4 Å². The van der Waals surface area contributed by atoms with Crippen LogP contribution in [0.4, 0.5) is 0 Å². The van der Waals surface area contributed by atoms with Gasteiger partial charge in [0, 0.05) is 6.54 Å². The van der Waals surface area contributed by atoms with Gasteiger partial charge in [-0.3, -0.25) is 4.79 Å². The van der Waals surface area contributed by atoms with Crippen LogP contribution in [0.5, 0.6) is 11.5 Å². The van der Waals surface area contributed by atoms with E-state index in [0.29, 0.717) is 29.1 Å². The zero-order chi connectivity index (χ0) is 20.4. The largest absolute Gasteiger partial charge is 0.454 e. The fraction of sp³-hybridized carbons (Fsp3) is 0.300. The van der Waals surface area contributed by atoms with Crippen LogP contribution in [0.1, 0.15) is 35.8 Å². The van der Waals surface area contributed by atoms with Crippen molar-refractivity contribution in [3.05, 3.63) is 47.5 Å². The molecule has 1 aliphatic heterocycles. The van der Waals surface area contributed by atoms with Crippen molar-refractivity contribution < 1.29 is 23.8 Å². The molecule has 1 amide bonds. The minimum Gasteiger partial charge on any atom is -0.454 e. The number of aryl methyl sites for hydroxylation is 1. The molecule has 0 fully saturated rings. The van der Waals surface area contributed by atoms with E-state index in [1.807, 2.05) is 26.0 Å². The summed E-state index contributed by atoms with van der Waals surface area (Å²) in [5, 5.41) is 10.8. The maximum atomic E-state index is 12.3. The van der Waals surface area contributed by atoms with Gasteiger partial charge in [0.2, 0.25) is 6.79 Å². The number of aromatic nitrogens is 3. The van der Waals surface area contributed by atoms with Gasteiger partial charge in [0.05, 0.1) is 17.1 Å². The molecule has 0 aliphatic carbocycles. The number of rotatable bonds is 6. The fourth-order valence-corrected chi connectivity index (χ4v) is 3.10. The van der Waals surface area contributed by atoms with Gasteiger partial charge in [0.15, 0.2) is 18.1 Å². The third kappa shape index (κ3) is 3.84. The van der Waals surface area contributed by atoms with E-state index in [9.17, 15) is 9.59 Å². The maximum absolute atomic E-state index is 12.3. The summed E-state index contributed by atoms with van der Waals surface area (Å²) in [6.07, 6.45) is 0. The maximum Gasteiger partial charge on any atom is 0.338 e. The summed E-state index contributed by atoms with van der Waals surface area (Å²) in [7, 11) is 0.